The molecular weight excluding hydrogens is 350 g/mol. The van der Waals surface area contributed by atoms with Crippen LogP contribution in [0.5, 0.6) is 0 Å². The number of benzene rings is 1. The molecule has 2 aromatic rings. The summed E-state index contributed by atoms with van der Waals surface area (Å²) in [5.41, 5.74) is -1.81. The Morgan fingerprint density at radius 1 is 0.880 bits per heavy atom. The summed E-state index contributed by atoms with van der Waals surface area (Å²) < 4.78 is 76.5. The van der Waals surface area contributed by atoms with E-state index in [9.17, 15) is 26.3 Å². The fraction of sp³-hybridized carbons (Fsp3) is 0.333. The molecule has 1 aromatic carbocycles. The summed E-state index contributed by atoms with van der Waals surface area (Å²) >= 11 is 0. The van der Waals surface area contributed by atoms with Crippen molar-refractivity contribution in [3.63, 3.8) is 0 Å². The number of hydrogen-bond acceptors (Lipinski definition) is 4. The van der Waals surface area contributed by atoms with Crippen LogP contribution in [0.4, 0.5) is 43.8 Å². The minimum atomic E-state index is -4.67. The number of halogens is 6. The van der Waals surface area contributed by atoms with Gasteiger partial charge in [0.1, 0.15) is 5.82 Å². The summed E-state index contributed by atoms with van der Waals surface area (Å²) in [4.78, 5) is 7.37. The first-order valence-electron chi connectivity index (χ1n) is 7.28. The molecule has 1 aliphatic carbocycles. The van der Waals surface area contributed by atoms with E-state index in [4.69, 9.17) is 0 Å². The van der Waals surface area contributed by atoms with Crippen LogP contribution in [0.25, 0.3) is 0 Å². The van der Waals surface area contributed by atoms with Gasteiger partial charge in [0, 0.05) is 17.8 Å². The van der Waals surface area contributed by atoms with Crippen LogP contribution in [0, 0.1) is 0 Å². The Bertz CT molecular complexity index is 750. The fourth-order valence-corrected chi connectivity index (χ4v) is 2.02. The summed E-state index contributed by atoms with van der Waals surface area (Å²) in [6.07, 6.45) is -7.51. The molecule has 1 aliphatic rings. The van der Waals surface area contributed by atoms with Crippen LogP contribution in [-0.4, -0.2) is 16.0 Å². The summed E-state index contributed by atoms with van der Waals surface area (Å²) in [6, 6.07) is 4.64. The third-order valence-corrected chi connectivity index (χ3v) is 3.41. The summed E-state index contributed by atoms with van der Waals surface area (Å²) in [7, 11) is 0. The van der Waals surface area contributed by atoms with Gasteiger partial charge in [-0.05, 0) is 37.1 Å². The molecular formula is C15H12F6N4. The normalized spacial score (nSPS) is 15.1. The second-order valence-corrected chi connectivity index (χ2v) is 5.58. The van der Waals surface area contributed by atoms with E-state index < -0.39 is 23.6 Å². The molecule has 2 N–H and O–H groups in total. The van der Waals surface area contributed by atoms with Gasteiger partial charge in [-0.2, -0.15) is 31.3 Å². The minimum absolute atomic E-state index is 0.0439. The van der Waals surface area contributed by atoms with Crippen molar-refractivity contribution in [1.82, 2.24) is 9.97 Å². The van der Waals surface area contributed by atoms with Gasteiger partial charge in [0.2, 0.25) is 5.95 Å². The molecule has 0 aliphatic heterocycles. The van der Waals surface area contributed by atoms with Gasteiger partial charge < -0.3 is 10.6 Å². The molecule has 3 rings (SSSR count). The molecule has 134 valence electrons. The molecule has 0 unspecified atom stereocenters. The molecule has 0 atom stereocenters. The predicted molar refractivity (Wildman–Crippen MR) is 78.4 cm³/mol. The molecule has 25 heavy (non-hydrogen) atoms. The van der Waals surface area contributed by atoms with Crippen LogP contribution in [0.15, 0.2) is 30.3 Å². The number of rotatable bonds is 4. The topological polar surface area (TPSA) is 49.8 Å². The number of hydrogen-bond donors (Lipinski definition) is 2. The van der Waals surface area contributed by atoms with Gasteiger partial charge in [0.15, 0.2) is 5.69 Å². The number of alkyl halides is 6. The average Bonchev–Trinajstić information content (AvgIpc) is 3.29. The van der Waals surface area contributed by atoms with Gasteiger partial charge in [-0.1, -0.05) is 0 Å². The van der Waals surface area contributed by atoms with Gasteiger partial charge in [-0.25, -0.2) is 4.98 Å². The summed E-state index contributed by atoms with van der Waals surface area (Å²) in [5, 5.41) is 5.34. The first kappa shape index (κ1) is 17.3. The lowest BCUT2D eigenvalue weighted by Crippen LogP contribution is -2.14. The van der Waals surface area contributed by atoms with E-state index in [-0.39, 0.29) is 23.5 Å². The Balaban J connectivity index is 1.85. The van der Waals surface area contributed by atoms with E-state index in [1.807, 2.05) is 0 Å². The van der Waals surface area contributed by atoms with Crippen molar-refractivity contribution in [3.05, 3.63) is 41.6 Å². The highest BCUT2D eigenvalue weighted by Gasteiger charge is 2.34. The van der Waals surface area contributed by atoms with Crippen LogP contribution < -0.4 is 10.6 Å². The molecule has 1 saturated carbocycles. The van der Waals surface area contributed by atoms with Crippen molar-refractivity contribution in [2.75, 3.05) is 10.6 Å². The maximum atomic E-state index is 13.0. The first-order chi connectivity index (χ1) is 11.6. The molecule has 4 nitrogen and oxygen atoms in total. The predicted octanol–water partition coefficient (Wildman–Crippen LogP) is 4.83. The number of nitrogens with one attached hydrogen (secondary N) is 2. The van der Waals surface area contributed by atoms with Crippen molar-refractivity contribution in [1.29, 1.82) is 0 Å². The summed E-state index contributed by atoms with van der Waals surface area (Å²) in [5.74, 6) is -0.336. The fourth-order valence-electron chi connectivity index (χ4n) is 2.02. The lowest BCUT2D eigenvalue weighted by atomic mass is 10.2. The third-order valence-electron chi connectivity index (χ3n) is 3.41. The highest BCUT2D eigenvalue weighted by atomic mass is 19.4. The van der Waals surface area contributed by atoms with Gasteiger partial charge in [0.05, 0.1) is 5.56 Å². The maximum absolute atomic E-state index is 13.0. The zero-order valence-electron chi connectivity index (χ0n) is 12.5. The molecule has 10 heteroatoms. The second-order valence-electron chi connectivity index (χ2n) is 5.58. The zero-order chi connectivity index (χ0) is 18.2. The van der Waals surface area contributed by atoms with E-state index in [2.05, 4.69) is 20.6 Å². The summed E-state index contributed by atoms with van der Waals surface area (Å²) in [6.45, 7) is 0. The Hall–Kier alpha value is -2.52. The first-order valence-corrected chi connectivity index (χ1v) is 7.28. The lowest BCUT2D eigenvalue weighted by Gasteiger charge is -2.13. The van der Waals surface area contributed by atoms with E-state index >= 15 is 0 Å². The molecule has 0 radical (unpaired) electrons. The number of nitrogens with zero attached hydrogens (tertiary/aromatic N) is 2. The number of anilines is 3. The van der Waals surface area contributed by atoms with Crippen molar-refractivity contribution < 1.29 is 26.3 Å². The van der Waals surface area contributed by atoms with Crippen LogP contribution in [0.3, 0.4) is 0 Å². The molecule has 0 saturated heterocycles. The van der Waals surface area contributed by atoms with E-state index in [0.717, 1.165) is 37.1 Å². The second kappa shape index (κ2) is 6.08. The maximum Gasteiger partial charge on any atom is 0.433 e. The highest BCUT2D eigenvalue weighted by Crippen LogP contribution is 2.33. The smallest absolute Gasteiger partial charge is 0.351 e. The average molecular weight is 362 g/mol. The monoisotopic (exact) mass is 362 g/mol. The Morgan fingerprint density at radius 2 is 1.52 bits per heavy atom. The van der Waals surface area contributed by atoms with E-state index in [0.29, 0.717) is 6.07 Å². The Labute approximate surface area is 138 Å². The largest absolute Gasteiger partial charge is 0.433 e. The minimum Gasteiger partial charge on any atom is -0.351 e. The van der Waals surface area contributed by atoms with Gasteiger partial charge >= 0.3 is 12.4 Å². The quantitative estimate of drug-likeness (QED) is 0.765. The highest BCUT2D eigenvalue weighted by molar-refractivity contribution is 5.58. The molecule has 1 fully saturated rings. The standard InChI is InChI=1S/C15H12F6N4/c16-14(17,18)8-1-3-9(4-2-8)22-12-7-11(15(19,20)21)24-13(25-12)23-10-5-6-10/h1-4,7,10H,5-6H2,(H2,22,23,24,25). The van der Waals surface area contributed by atoms with Crippen LogP contribution in [0.1, 0.15) is 24.1 Å². The van der Waals surface area contributed by atoms with Gasteiger partial charge in [0.25, 0.3) is 0 Å². The van der Waals surface area contributed by atoms with Crippen LogP contribution >= 0.6 is 0 Å². The Kier molecular flexibility index (Phi) is 4.21. The van der Waals surface area contributed by atoms with E-state index in [1.54, 1.807) is 0 Å². The molecule has 0 spiro atoms. The Morgan fingerprint density at radius 3 is 2.04 bits per heavy atom. The number of aromatic nitrogens is 2. The van der Waals surface area contributed by atoms with E-state index in [1.165, 1.54) is 0 Å². The van der Waals surface area contributed by atoms with Crippen LogP contribution in [-0.2, 0) is 12.4 Å². The lowest BCUT2D eigenvalue weighted by molar-refractivity contribution is -0.141. The molecule has 0 amide bonds. The van der Waals surface area contributed by atoms with Crippen LogP contribution in [0.2, 0.25) is 0 Å². The van der Waals surface area contributed by atoms with Crippen molar-refractivity contribution in [2.45, 2.75) is 31.2 Å². The molecule has 1 aromatic heterocycles. The van der Waals surface area contributed by atoms with Crippen molar-refractivity contribution in [3.8, 4) is 0 Å². The SMILES string of the molecule is FC(F)(F)c1ccc(Nc2cc(C(F)(F)F)nc(NC3CC3)n2)cc1. The van der Waals surface area contributed by atoms with Crippen molar-refractivity contribution in [2.24, 2.45) is 0 Å². The molecule has 0 bridgehead atoms. The third kappa shape index (κ3) is 4.52. The zero-order valence-corrected chi connectivity index (χ0v) is 12.5. The van der Waals surface area contributed by atoms with Gasteiger partial charge in [-0.15, -0.1) is 0 Å². The van der Waals surface area contributed by atoms with Crippen molar-refractivity contribution >= 4 is 17.5 Å². The molecule has 1 heterocycles. The van der Waals surface area contributed by atoms with Gasteiger partial charge in [-0.3, -0.25) is 0 Å².